The normalized spacial score (nSPS) is 33.6. The van der Waals surface area contributed by atoms with Gasteiger partial charge in [0.25, 0.3) is 5.91 Å². The van der Waals surface area contributed by atoms with Crippen molar-refractivity contribution in [3.63, 3.8) is 0 Å². The summed E-state index contributed by atoms with van der Waals surface area (Å²) in [5, 5.41) is 11.7. The van der Waals surface area contributed by atoms with Gasteiger partial charge in [-0.05, 0) is 18.8 Å². The molecule has 4 unspecified atom stereocenters. The Morgan fingerprint density at radius 3 is 2.35 bits per heavy atom. The predicted molar refractivity (Wildman–Crippen MR) is 67.3 cm³/mol. The molecule has 2 aliphatic rings. The number of hydrogen-bond donors (Lipinski definition) is 2. The van der Waals surface area contributed by atoms with E-state index in [9.17, 15) is 19.2 Å². The van der Waals surface area contributed by atoms with Gasteiger partial charge in [-0.15, -0.1) is 0 Å². The van der Waals surface area contributed by atoms with Crippen LogP contribution in [0.15, 0.2) is 0 Å². The molecule has 3 amide bonds. The number of likely N-dealkylation sites (tertiary alicyclic amines) is 1. The highest BCUT2D eigenvalue weighted by atomic mass is 16.4. The molecule has 0 spiro atoms. The van der Waals surface area contributed by atoms with E-state index in [1.54, 1.807) is 0 Å². The van der Waals surface area contributed by atoms with Gasteiger partial charge in [-0.2, -0.15) is 0 Å². The maximum Gasteiger partial charge on any atom is 0.307 e. The molecule has 1 heterocycles. The van der Waals surface area contributed by atoms with Gasteiger partial charge in [0, 0.05) is 7.05 Å². The molecule has 7 nitrogen and oxygen atoms in total. The number of amides is 3. The van der Waals surface area contributed by atoms with E-state index in [-0.39, 0.29) is 18.2 Å². The number of nitrogens with zero attached hydrogens (tertiary/aromatic N) is 1. The summed E-state index contributed by atoms with van der Waals surface area (Å²) >= 11 is 0. The zero-order valence-electron chi connectivity index (χ0n) is 11.5. The largest absolute Gasteiger partial charge is 0.481 e. The van der Waals surface area contributed by atoms with E-state index in [0.717, 1.165) is 4.90 Å². The summed E-state index contributed by atoms with van der Waals surface area (Å²) < 4.78 is 0. The Labute approximate surface area is 116 Å². The van der Waals surface area contributed by atoms with Gasteiger partial charge in [0.15, 0.2) is 0 Å². The van der Waals surface area contributed by atoms with Gasteiger partial charge in [-0.25, -0.2) is 0 Å². The van der Waals surface area contributed by atoms with Crippen molar-refractivity contribution in [2.75, 3.05) is 7.05 Å². The van der Waals surface area contributed by atoms with Crippen LogP contribution < -0.4 is 5.32 Å². The highest BCUT2D eigenvalue weighted by Crippen LogP contribution is 2.36. The van der Waals surface area contributed by atoms with E-state index in [0.29, 0.717) is 12.8 Å². The lowest BCUT2D eigenvalue weighted by molar-refractivity contribution is -0.146. The predicted octanol–water partition coefficient (Wildman–Crippen LogP) is -0.393. The Kier molecular flexibility index (Phi) is 3.78. The SMILES string of the molecule is CC1CC(C(=O)O)C(C(=O)NC2CC(=O)N(C)C2=O)C1. The Morgan fingerprint density at radius 1 is 1.25 bits per heavy atom. The lowest BCUT2D eigenvalue weighted by atomic mass is 9.95. The average molecular weight is 282 g/mol. The molecule has 4 atom stereocenters. The minimum Gasteiger partial charge on any atom is -0.481 e. The second kappa shape index (κ2) is 5.22. The number of hydrogen-bond acceptors (Lipinski definition) is 4. The molecule has 0 aromatic rings. The van der Waals surface area contributed by atoms with Gasteiger partial charge in [0.2, 0.25) is 11.8 Å². The van der Waals surface area contributed by atoms with E-state index in [1.165, 1.54) is 7.05 Å². The molecule has 7 heteroatoms. The lowest BCUT2D eigenvalue weighted by Gasteiger charge is -2.18. The number of likely N-dealkylation sites (N-methyl/N-ethyl adjacent to an activating group) is 1. The maximum absolute atomic E-state index is 12.2. The monoisotopic (exact) mass is 282 g/mol. The van der Waals surface area contributed by atoms with E-state index in [1.807, 2.05) is 6.92 Å². The van der Waals surface area contributed by atoms with E-state index >= 15 is 0 Å². The van der Waals surface area contributed by atoms with Crippen molar-refractivity contribution in [3.8, 4) is 0 Å². The fourth-order valence-electron chi connectivity index (χ4n) is 3.00. The van der Waals surface area contributed by atoms with Gasteiger partial charge in [0.1, 0.15) is 6.04 Å². The standard InChI is InChI=1S/C13H18N2O5/c1-6-3-7(8(4-6)13(19)20)11(17)14-9-5-10(16)15(2)12(9)18/h6-9H,3-5H2,1-2H3,(H,14,17)(H,19,20). The van der Waals surface area contributed by atoms with E-state index in [4.69, 9.17) is 5.11 Å². The fourth-order valence-corrected chi connectivity index (χ4v) is 3.00. The Hall–Kier alpha value is -1.92. The molecule has 2 fully saturated rings. The number of carbonyl (C=O) groups excluding carboxylic acids is 3. The van der Waals surface area contributed by atoms with Crippen LogP contribution in [0.1, 0.15) is 26.2 Å². The Morgan fingerprint density at radius 2 is 1.85 bits per heavy atom. The summed E-state index contributed by atoms with van der Waals surface area (Å²) in [6, 6.07) is -0.856. The van der Waals surface area contributed by atoms with Gasteiger partial charge >= 0.3 is 5.97 Å². The summed E-state index contributed by atoms with van der Waals surface area (Å²) in [5.41, 5.74) is 0. The number of imide groups is 1. The van der Waals surface area contributed by atoms with Gasteiger partial charge in [-0.1, -0.05) is 6.92 Å². The third kappa shape index (κ3) is 2.52. The molecule has 1 saturated carbocycles. The number of rotatable bonds is 3. The summed E-state index contributed by atoms with van der Waals surface area (Å²) in [7, 11) is 1.37. The van der Waals surface area contributed by atoms with E-state index in [2.05, 4.69) is 5.32 Å². The molecule has 2 rings (SSSR count). The third-order valence-corrected chi connectivity index (χ3v) is 4.15. The minimum absolute atomic E-state index is 0.0545. The molecule has 2 N–H and O–H groups in total. The first-order valence-corrected chi connectivity index (χ1v) is 6.64. The Balaban J connectivity index is 2.03. The number of aliphatic carboxylic acids is 1. The first kappa shape index (κ1) is 14.5. The quantitative estimate of drug-likeness (QED) is 0.686. The molecule has 0 aromatic carbocycles. The molecule has 1 aliphatic heterocycles. The van der Waals surface area contributed by atoms with Crippen LogP contribution in [-0.2, 0) is 19.2 Å². The molecule has 0 bridgehead atoms. The molecule has 110 valence electrons. The average Bonchev–Trinajstić information content (AvgIpc) is 2.87. The molecule has 1 saturated heterocycles. The van der Waals surface area contributed by atoms with Crippen LogP contribution >= 0.6 is 0 Å². The number of carboxylic acids is 1. The Bertz CT molecular complexity index is 475. The summed E-state index contributed by atoms with van der Waals surface area (Å²) in [6.07, 6.45) is 0.902. The molecule has 20 heavy (non-hydrogen) atoms. The highest BCUT2D eigenvalue weighted by molar-refractivity contribution is 6.06. The second-order valence-corrected chi connectivity index (χ2v) is 5.68. The molecular weight excluding hydrogens is 264 g/mol. The van der Waals surface area contributed by atoms with Crippen LogP contribution in [-0.4, -0.2) is 46.8 Å². The lowest BCUT2D eigenvalue weighted by Crippen LogP contribution is -2.44. The van der Waals surface area contributed by atoms with Gasteiger partial charge in [-0.3, -0.25) is 24.1 Å². The topological polar surface area (TPSA) is 104 Å². The first-order chi connectivity index (χ1) is 9.31. The summed E-state index contributed by atoms with van der Waals surface area (Å²) in [6.45, 7) is 1.90. The van der Waals surface area contributed by atoms with Crippen LogP contribution in [0.25, 0.3) is 0 Å². The fraction of sp³-hybridized carbons (Fsp3) is 0.692. The molecule has 1 aliphatic carbocycles. The van der Waals surface area contributed by atoms with Crippen molar-refractivity contribution in [1.29, 1.82) is 0 Å². The van der Waals surface area contributed by atoms with Crippen LogP contribution in [0.5, 0.6) is 0 Å². The van der Waals surface area contributed by atoms with Crippen molar-refractivity contribution in [3.05, 3.63) is 0 Å². The van der Waals surface area contributed by atoms with Crippen LogP contribution in [0.3, 0.4) is 0 Å². The number of nitrogens with one attached hydrogen (secondary N) is 1. The zero-order chi connectivity index (χ0) is 15.0. The molecule has 0 radical (unpaired) electrons. The smallest absolute Gasteiger partial charge is 0.307 e. The van der Waals surface area contributed by atoms with Gasteiger partial charge < -0.3 is 10.4 Å². The minimum atomic E-state index is -0.986. The summed E-state index contributed by atoms with van der Waals surface area (Å²) in [5.74, 6) is -3.39. The van der Waals surface area contributed by atoms with E-state index < -0.39 is 35.7 Å². The van der Waals surface area contributed by atoms with Crippen molar-refractivity contribution >= 4 is 23.7 Å². The zero-order valence-corrected chi connectivity index (χ0v) is 11.5. The van der Waals surface area contributed by atoms with Crippen molar-refractivity contribution in [2.24, 2.45) is 17.8 Å². The highest BCUT2D eigenvalue weighted by Gasteiger charge is 2.44. The van der Waals surface area contributed by atoms with Gasteiger partial charge in [0.05, 0.1) is 18.3 Å². The summed E-state index contributed by atoms with van der Waals surface area (Å²) in [4.78, 5) is 47.4. The molecular formula is C13H18N2O5. The van der Waals surface area contributed by atoms with Crippen LogP contribution in [0.4, 0.5) is 0 Å². The second-order valence-electron chi connectivity index (χ2n) is 5.68. The van der Waals surface area contributed by atoms with Crippen molar-refractivity contribution in [2.45, 2.75) is 32.2 Å². The van der Waals surface area contributed by atoms with Crippen LogP contribution in [0, 0.1) is 17.8 Å². The maximum atomic E-state index is 12.2. The first-order valence-electron chi connectivity index (χ1n) is 6.64. The van der Waals surface area contributed by atoms with Crippen molar-refractivity contribution < 1.29 is 24.3 Å². The number of carbonyl (C=O) groups is 4. The number of carboxylic acid groups (broad SMARTS) is 1. The van der Waals surface area contributed by atoms with Crippen LogP contribution in [0.2, 0.25) is 0 Å². The van der Waals surface area contributed by atoms with Crippen molar-refractivity contribution in [1.82, 2.24) is 10.2 Å². The third-order valence-electron chi connectivity index (χ3n) is 4.15. The molecule has 0 aromatic heterocycles.